The molecule has 3 aromatic rings. The number of nitrogens with zero attached hydrogens (tertiary/aromatic N) is 2. The summed E-state index contributed by atoms with van der Waals surface area (Å²) in [6.07, 6.45) is 0. The quantitative estimate of drug-likeness (QED) is 0.806. The number of aryl methyl sites for hydroxylation is 1. The minimum atomic E-state index is -0.306. The normalized spacial score (nSPS) is 10.9. The minimum Gasteiger partial charge on any atom is -0.336 e. The van der Waals surface area contributed by atoms with Gasteiger partial charge >= 0.3 is 0 Å². The summed E-state index contributed by atoms with van der Waals surface area (Å²) in [5.41, 5.74) is 3.02. The molecule has 0 saturated heterocycles. The van der Waals surface area contributed by atoms with E-state index in [1.54, 1.807) is 19.2 Å². The predicted molar refractivity (Wildman–Crippen MR) is 83.0 cm³/mol. The van der Waals surface area contributed by atoms with E-state index in [0.717, 1.165) is 22.0 Å². The predicted octanol–water partition coefficient (Wildman–Crippen LogP) is 3.28. The largest absolute Gasteiger partial charge is 0.336 e. The Kier molecular flexibility index (Phi) is 3.63. The van der Waals surface area contributed by atoms with Crippen LogP contribution in [0, 0.1) is 12.7 Å². The van der Waals surface area contributed by atoms with Crippen LogP contribution < -0.4 is 0 Å². The van der Waals surface area contributed by atoms with Crippen LogP contribution in [0.15, 0.2) is 42.5 Å². The van der Waals surface area contributed by atoms with Crippen molar-refractivity contribution in [2.75, 3.05) is 7.05 Å². The van der Waals surface area contributed by atoms with Crippen LogP contribution in [-0.4, -0.2) is 28.1 Å². The topological polar surface area (TPSA) is 49.0 Å². The minimum absolute atomic E-state index is 0.193. The summed E-state index contributed by atoms with van der Waals surface area (Å²) in [5, 5.41) is 7.79. The van der Waals surface area contributed by atoms with E-state index in [2.05, 4.69) is 10.2 Å². The summed E-state index contributed by atoms with van der Waals surface area (Å²) in [6, 6.07) is 12.0. The van der Waals surface area contributed by atoms with Gasteiger partial charge in [-0.25, -0.2) is 4.39 Å². The van der Waals surface area contributed by atoms with Gasteiger partial charge in [0.25, 0.3) is 5.91 Å². The van der Waals surface area contributed by atoms with Gasteiger partial charge in [0.2, 0.25) is 0 Å². The van der Waals surface area contributed by atoms with Crippen molar-refractivity contribution < 1.29 is 9.18 Å². The van der Waals surface area contributed by atoms with Crippen LogP contribution in [0.1, 0.15) is 21.6 Å². The number of H-pyrrole nitrogens is 1. The first-order valence-corrected chi connectivity index (χ1v) is 6.99. The number of halogens is 1. The fraction of sp³-hybridized carbons (Fsp3) is 0.176. The van der Waals surface area contributed by atoms with Gasteiger partial charge in [-0.05, 0) is 36.8 Å². The highest BCUT2D eigenvalue weighted by atomic mass is 19.1. The average Bonchev–Trinajstić information content (AvgIpc) is 2.89. The summed E-state index contributed by atoms with van der Waals surface area (Å²) in [5.74, 6) is -0.500. The third-order valence-corrected chi connectivity index (χ3v) is 3.58. The molecule has 0 aliphatic heterocycles. The number of rotatable bonds is 3. The molecule has 1 N–H and O–H groups in total. The van der Waals surface area contributed by atoms with E-state index < -0.39 is 0 Å². The number of benzene rings is 2. The number of hydrogen-bond acceptors (Lipinski definition) is 2. The number of carbonyl (C=O) groups excluding carboxylic acids is 1. The van der Waals surface area contributed by atoms with Crippen LogP contribution in [-0.2, 0) is 6.54 Å². The first-order valence-electron chi connectivity index (χ1n) is 6.99. The smallest absolute Gasteiger partial charge is 0.275 e. The molecule has 4 nitrogen and oxygen atoms in total. The standard InChI is InChI=1S/C17H16FN3O/c1-11-6-7-15-14(8-11)16(20-19-15)17(22)21(2)10-12-4-3-5-13(18)9-12/h3-9H,10H2,1-2H3,(H,19,20). The zero-order chi connectivity index (χ0) is 15.7. The highest BCUT2D eigenvalue weighted by Gasteiger charge is 2.18. The zero-order valence-corrected chi connectivity index (χ0v) is 12.4. The second-order valence-electron chi connectivity index (χ2n) is 5.41. The molecule has 5 heteroatoms. The maximum Gasteiger partial charge on any atom is 0.275 e. The summed E-state index contributed by atoms with van der Waals surface area (Å²) in [4.78, 5) is 14.1. The van der Waals surface area contributed by atoms with Crippen molar-refractivity contribution in [2.24, 2.45) is 0 Å². The van der Waals surface area contributed by atoms with Crippen LogP contribution in [0.2, 0.25) is 0 Å². The van der Waals surface area contributed by atoms with Gasteiger partial charge in [-0.2, -0.15) is 5.10 Å². The molecule has 1 heterocycles. The first kappa shape index (κ1) is 14.3. The van der Waals surface area contributed by atoms with E-state index in [1.165, 1.54) is 17.0 Å². The molecule has 0 aliphatic rings. The maximum atomic E-state index is 13.2. The van der Waals surface area contributed by atoms with Crippen LogP contribution in [0.25, 0.3) is 10.9 Å². The van der Waals surface area contributed by atoms with Crippen LogP contribution >= 0.6 is 0 Å². The van der Waals surface area contributed by atoms with E-state index in [1.807, 2.05) is 25.1 Å². The van der Waals surface area contributed by atoms with Crippen molar-refractivity contribution in [3.8, 4) is 0 Å². The lowest BCUT2D eigenvalue weighted by atomic mass is 10.1. The van der Waals surface area contributed by atoms with E-state index in [4.69, 9.17) is 0 Å². The van der Waals surface area contributed by atoms with Gasteiger partial charge in [0, 0.05) is 19.0 Å². The Morgan fingerprint density at radius 3 is 2.86 bits per heavy atom. The molecule has 0 unspecified atom stereocenters. The first-order chi connectivity index (χ1) is 10.5. The van der Waals surface area contributed by atoms with Gasteiger partial charge < -0.3 is 4.90 Å². The SMILES string of the molecule is Cc1ccc2[nH]nc(C(=O)N(C)Cc3cccc(F)c3)c2c1. The molecule has 0 atom stereocenters. The van der Waals surface area contributed by atoms with Crippen molar-refractivity contribution in [2.45, 2.75) is 13.5 Å². The Balaban J connectivity index is 1.87. The van der Waals surface area contributed by atoms with Crippen molar-refractivity contribution in [3.05, 3.63) is 65.1 Å². The number of aromatic nitrogens is 2. The molecule has 2 aromatic carbocycles. The molecule has 22 heavy (non-hydrogen) atoms. The molecular weight excluding hydrogens is 281 g/mol. The third kappa shape index (κ3) is 2.70. The number of nitrogens with one attached hydrogen (secondary N) is 1. The molecule has 3 rings (SSSR count). The lowest BCUT2D eigenvalue weighted by Crippen LogP contribution is -2.26. The number of carbonyl (C=O) groups is 1. The van der Waals surface area contributed by atoms with E-state index in [0.29, 0.717) is 12.2 Å². The van der Waals surface area contributed by atoms with Crippen LogP contribution in [0.5, 0.6) is 0 Å². The number of aromatic amines is 1. The maximum absolute atomic E-state index is 13.2. The zero-order valence-electron chi connectivity index (χ0n) is 12.4. The van der Waals surface area contributed by atoms with Crippen LogP contribution in [0.4, 0.5) is 4.39 Å². The third-order valence-electron chi connectivity index (χ3n) is 3.58. The van der Waals surface area contributed by atoms with Gasteiger partial charge in [-0.1, -0.05) is 23.8 Å². The number of hydrogen-bond donors (Lipinski definition) is 1. The van der Waals surface area contributed by atoms with Crippen LogP contribution in [0.3, 0.4) is 0 Å². The highest BCUT2D eigenvalue weighted by molar-refractivity contribution is 6.04. The highest BCUT2D eigenvalue weighted by Crippen LogP contribution is 2.19. The van der Waals surface area contributed by atoms with Crippen molar-refractivity contribution in [1.82, 2.24) is 15.1 Å². The van der Waals surface area contributed by atoms with Gasteiger partial charge in [0.05, 0.1) is 5.52 Å². The molecule has 0 saturated carbocycles. The molecule has 0 radical (unpaired) electrons. The van der Waals surface area contributed by atoms with E-state index in [9.17, 15) is 9.18 Å². The molecule has 112 valence electrons. The Labute approximate surface area is 127 Å². The molecule has 0 spiro atoms. The van der Waals surface area contributed by atoms with Gasteiger partial charge in [0.15, 0.2) is 5.69 Å². The molecule has 0 fully saturated rings. The Bertz CT molecular complexity index is 841. The monoisotopic (exact) mass is 297 g/mol. The summed E-state index contributed by atoms with van der Waals surface area (Å²) < 4.78 is 13.2. The average molecular weight is 297 g/mol. The fourth-order valence-electron chi connectivity index (χ4n) is 2.45. The Morgan fingerprint density at radius 1 is 1.27 bits per heavy atom. The van der Waals surface area contributed by atoms with Crippen molar-refractivity contribution in [1.29, 1.82) is 0 Å². The number of amides is 1. The number of fused-ring (bicyclic) bond motifs is 1. The lowest BCUT2D eigenvalue weighted by molar-refractivity contribution is 0.0781. The van der Waals surface area contributed by atoms with Crippen molar-refractivity contribution >= 4 is 16.8 Å². The summed E-state index contributed by atoms with van der Waals surface area (Å²) >= 11 is 0. The van der Waals surface area contributed by atoms with Gasteiger partial charge in [0.1, 0.15) is 5.82 Å². The molecule has 0 bridgehead atoms. The van der Waals surface area contributed by atoms with Gasteiger partial charge in [-0.15, -0.1) is 0 Å². The second kappa shape index (κ2) is 5.60. The van der Waals surface area contributed by atoms with Crippen molar-refractivity contribution in [3.63, 3.8) is 0 Å². The Morgan fingerprint density at radius 2 is 2.09 bits per heavy atom. The van der Waals surface area contributed by atoms with Gasteiger partial charge in [-0.3, -0.25) is 9.89 Å². The molecular formula is C17H16FN3O. The second-order valence-corrected chi connectivity index (χ2v) is 5.41. The molecule has 1 amide bonds. The Hall–Kier alpha value is -2.69. The van der Waals surface area contributed by atoms with E-state index >= 15 is 0 Å². The van der Waals surface area contributed by atoms with E-state index in [-0.39, 0.29) is 11.7 Å². The summed E-state index contributed by atoms with van der Waals surface area (Å²) in [7, 11) is 1.68. The molecule has 0 aliphatic carbocycles. The summed E-state index contributed by atoms with van der Waals surface area (Å²) in [6.45, 7) is 2.30. The lowest BCUT2D eigenvalue weighted by Gasteiger charge is -2.16. The molecule has 1 aromatic heterocycles. The fourth-order valence-corrected chi connectivity index (χ4v) is 2.45.